The van der Waals surface area contributed by atoms with Gasteiger partial charge in [-0.25, -0.2) is 4.98 Å². The van der Waals surface area contributed by atoms with Gasteiger partial charge >= 0.3 is 0 Å². The van der Waals surface area contributed by atoms with Crippen LogP contribution in [0.1, 0.15) is 39.4 Å². The number of aryl methyl sites for hydroxylation is 2. The standard InChI is InChI=1S/C19H23N3S/c1-14-10-19(16(3)23-14)15(2)21-11-17-4-6-18(7-5-17)12-22-9-8-20-13-22/h4-10,13,15,21H,11-12H2,1-3H3. The van der Waals surface area contributed by atoms with E-state index in [-0.39, 0.29) is 0 Å². The van der Waals surface area contributed by atoms with Gasteiger partial charge in [0.05, 0.1) is 6.33 Å². The van der Waals surface area contributed by atoms with Crippen molar-refractivity contribution in [3.8, 4) is 0 Å². The van der Waals surface area contributed by atoms with Gasteiger partial charge in [-0.3, -0.25) is 0 Å². The largest absolute Gasteiger partial charge is 0.333 e. The van der Waals surface area contributed by atoms with Gasteiger partial charge < -0.3 is 9.88 Å². The molecule has 3 nitrogen and oxygen atoms in total. The topological polar surface area (TPSA) is 29.9 Å². The molecule has 1 unspecified atom stereocenters. The summed E-state index contributed by atoms with van der Waals surface area (Å²) in [4.78, 5) is 6.88. The third kappa shape index (κ3) is 4.09. The van der Waals surface area contributed by atoms with Gasteiger partial charge in [0, 0.05) is 41.3 Å². The molecule has 2 aromatic heterocycles. The summed E-state index contributed by atoms with van der Waals surface area (Å²) < 4.78 is 2.08. The Kier molecular flexibility index (Phi) is 4.94. The fourth-order valence-electron chi connectivity index (χ4n) is 2.81. The summed E-state index contributed by atoms with van der Waals surface area (Å²) in [6, 6.07) is 11.5. The first-order chi connectivity index (χ1) is 11.1. The molecule has 1 aromatic carbocycles. The highest BCUT2D eigenvalue weighted by atomic mass is 32.1. The van der Waals surface area contributed by atoms with Crippen molar-refractivity contribution in [1.29, 1.82) is 0 Å². The molecule has 0 aliphatic carbocycles. The lowest BCUT2D eigenvalue weighted by atomic mass is 10.1. The smallest absolute Gasteiger partial charge is 0.0949 e. The lowest BCUT2D eigenvalue weighted by molar-refractivity contribution is 0.574. The van der Waals surface area contributed by atoms with Crippen LogP contribution in [0.25, 0.3) is 0 Å². The van der Waals surface area contributed by atoms with Crippen molar-refractivity contribution in [3.05, 3.63) is 75.5 Å². The quantitative estimate of drug-likeness (QED) is 0.725. The second-order valence-corrected chi connectivity index (χ2v) is 7.48. The molecule has 0 bridgehead atoms. The van der Waals surface area contributed by atoms with E-state index in [1.807, 2.05) is 30.1 Å². The summed E-state index contributed by atoms with van der Waals surface area (Å²) in [5.74, 6) is 0. The Morgan fingerprint density at radius 2 is 1.91 bits per heavy atom. The molecule has 23 heavy (non-hydrogen) atoms. The van der Waals surface area contributed by atoms with E-state index >= 15 is 0 Å². The molecule has 3 aromatic rings. The van der Waals surface area contributed by atoms with Crippen LogP contribution in [0.4, 0.5) is 0 Å². The van der Waals surface area contributed by atoms with Crippen LogP contribution in [-0.2, 0) is 13.1 Å². The van der Waals surface area contributed by atoms with E-state index in [2.05, 4.69) is 66.0 Å². The first kappa shape index (κ1) is 16.0. The third-order valence-corrected chi connectivity index (χ3v) is 5.09. The summed E-state index contributed by atoms with van der Waals surface area (Å²) in [6.45, 7) is 8.38. The van der Waals surface area contributed by atoms with E-state index in [0.29, 0.717) is 6.04 Å². The molecule has 0 amide bonds. The molecule has 1 atom stereocenters. The number of aromatic nitrogens is 2. The first-order valence-corrected chi connectivity index (χ1v) is 8.77. The molecule has 0 saturated carbocycles. The van der Waals surface area contributed by atoms with E-state index in [4.69, 9.17) is 0 Å². The maximum atomic E-state index is 4.08. The monoisotopic (exact) mass is 325 g/mol. The lowest BCUT2D eigenvalue weighted by Crippen LogP contribution is -2.18. The predicted octanol–water partition coefficient (Wildman–Crippen LogP) is 4.46. The van der Waals surface area contributed by atoms with Crippen molar-refractivity contribution in [2.24, 2.45) is 0 Å². The Balaban J connectivity index is 1.57. The highest BCUT2D eigenvalue weighted by Crippen LogP contribution is 2.26. The molecule has 0 saturated heterocycles. The maximum Gasteiger partial charge on any atom is 0.0949 e. The predicted molar refractivity (Wildman–Crippen MR) is 96.8 cm³/mol. The summed E-state index contributed by atoms with van der Waals surface area (Å²) in [5, 5.41) is 3.63. The molecule has 120 valence electrons. The van der Waals surface area contributed by atoms with Crippen molar-refractivity contribution < 1.29 is 0 Å². The fraction of sp³-hybridized carbons (Fsp3) is 0.316. The van der Waals surface area contributed by atoms with Gasteiger partial charge in [0.2, 0.25) is 0 Å². The highest BCUT2D eigenvalue weighted by Gasteiger charge is 2.10. The maximum absolute atomic E-state index is 4.08. The molecule has 0 fully saturated rings. The van der Waals surface area contributed by atoms with Crippen LogP contribution in [0, 0.1) is 13.8 Å². The van der Waals surface area contributed by atoms with Gasteiger partial charge in [-0.15, -0.1) is 11.3 Å². The number of nitrogens with zero attached hydrogens (tertiary/aromatic N) is 2. The average molecular weight is 325 g/mol. The van der Waals surface area contributed by atoms with Crippen molar-refractivity contribution >= 4 is 11.3 Å². The summed E-state index contributed by atoms with van der Waals surface area (Å²) in [7, 11) is 0. The van der Waals surface area contributed by atoms with Gasteiger partial charge in [-0.1, -0.05) is 24.3 Å². The number of benzene rings is 1. The average Bonchev–Trinajstić information content (AvgIpc) is 3.15. The molecule has 0 aliphatic heterocycles. The number of hydrogen-bond acceptors (Lipinski definition) is 3. The van der Waals surface area contributed by atoms with Crippen LogP contribution in [0.2, 0.25) is 0 Å². The molecule has 3 rings (SSSR count). The van der Waals surface area contributed by atoms with Crippen LogP contribution in [0.3, 0.4) is 0 Å². The Morgan fingerprint density at radius 3 is 2.52 bits per heavy atom. The summed E-state index contributed by atoms with van der Waals surface area (Å²) in [6.07, 6.45) is 5.65. The Bertz CT molecular complexity index is 742. The van der Waals surface area contributed by atoms with E-state index in [1.54, 1.807) is 0 Å². The third-order valence-electron chi connectivity index (χ3n) is 4.11. The SMILES string of the molecule is Cc1cc(C(C)NCc2ccc(Cn3ccnc3)cc2)c(C)s1. The van der Waals surface area contributed by atoms with E-state index < -0.39 is 0 Å². The van der Waals surface area contributed by atoms with E-state index in [9.17, 15) is 0 Å². The molecule has 4 heteroatoms. The Labute approximate surface area is 142 Å². The summed E-state index contributed by atoms with van der Waals surface area (Å²) in [5.41, 5.74) is 4.03. The van der Waals surface area contributed by atoms with Crippen LogP contribution in [-0.4, -0.2) is 9.55 Å². The van der Waals surface area contributed by atoms with E-state index in [1.165, 1.54) is 26.4 Å². The Hall–Kier alpha value is -1.91. The number of thiophene rings is 1. The van der Waals surface area contributed by atoms with Gasteiger partial charge in [-0.2, -0.15) is 0 Å². The van der Waals surface area contributed by atoms with Crippen molar-refractivity contribution in [2.75, 3.05) is 0 Å². The lowest BCUT2D eigenvalue weighted by Gasteiger charge is -2.14. The zero-order valence-corrected chi connectivity index (χ0v) is 14.7. The number of hydrogen-bond donors (Lipinski definition) is 1. The second-order valence-electron chi connectivity index (χ2n) is 6.02. The van der Waals surface area contributed by atoms with Crippen LogP contribution < -0.4 is 5.32 Å². The van der Waals surface area contributed by atoms with Crippen LogP contribution in [0.15, 0.2) is 49.1 Å². The molecular formula is C19H23N3S. The minimum Gasteiger partial charge on any atom is -0.333 e. The zero-order chi connectivity index (χ0) is 16.2. The number of rotatable bonds is 6. The first-order valence-electron chi connectivity index (χ1n) is 7.95. The van der Waals surface area contributed by atoms with Gasteiger partial charge in [0.1, 0.15) is 0 Å². The van der Waals surface area contributed by atoms with Crippen molar-refractivity contribution in [1.82, 2.24) is 14.9 Å². The van der Waals surface area contributed by atoms with Gasteiger partial charge in [0.15, 0.2) is 0 Å². The van der Waals surface area contributed by atoms with Gasteiger partial charge in [-0.05, 0) is 43.5 Å². The van der Waals surface area contributed by atoms with E-state index in [0.717, 1.165) is 13.1 Å². The number of imidazole rings is 1. The minimum absolute atomic E-state index is 0.380. The number of nitrogens with one attached hydrogen (secondary N) is 1. The van der Waals surface area contributed by atoms with Crippen LogP contribution >= 0.6 is 11.3 Å². The Morgan fingerprint density at radius 1 is 1.17 bits per heavy atom. The molecule has 0 radical (unpaired) electrons. The van der Waals surface area contributed by atoms with Crippen LogP contribution in [0.5, 0.6) is 0 Å². The zero-order valence-electron chi connectivity index (χ0n) is 13.9. The fourth-order valence-corrected chi connectivity index (χ4v) is 3.84. The minimum atomic E-state index is 0.380. The van der Waals surface area contributed by atoms with Crippen molar-refractivity contribution in [3.63, 3.8) is 0 Å². The molecular weight excluding hydrogens is 302 g/mol. The molecule has 1 N–H and O–H groups in total. The van der Waals surface area contributed by atoms with Crippen molar-refractivity contribution in [2.45, 2.75) is 39.9 Å². The molecule has 0 spiro atoms. The molecule has 2 heterocycles. The summed E-state index contributed by atoms with van der Waals surface area (Å²) >= 11 is 1.88. The second kappa shape index (κ2) is 7.11. The highest BCUT2D eigenvalue weighted by molar-refractivity contribution is 7.12. The molecule has 0 aliphatic rings. The normalized spacial score (nSPS) is 12.5. The van der Waals surface area contributed by atoms with Gasteiger partial charge in [0.25, 0.3) is 0 Å².